The molecular weight excluding hydrogens is 142 g/mol. The van der Waals surface area contributed by atoms with Crippen LogP contribution < -0.4 is 5.43 Å². The molecular formula is C7H13N3O. The van der Waals surface area contributed by atoms with E-state index < -0.39 is 0 Å². The van der Waals surface area contributed by atoms with E-state index in [-0.39, 0.29) is 6.61 Å². The van der Waals surface area contributed by atoms with Gasteiger partial charge >= 0.3 is 0 Å². The van der Waals surface area contributed by atoms with Crippen LogP contribution in [-0.2, 0) is 0 Å². The summed E-state index contributed by atoms with van der Waals surface area (Å²) in [6, 6.07) is 0. The molecule has 1 aliphatic rings. The minimum absolute atomic E-state index is 0.153. The molecule has 1 aliphatic heterocycles. The lowest BCUT2D eigenvalue weighted by Crippen LogP contribution is -2.39. The van der Waals surface area contributed by atoms with Crippen molar-refractivity contribution >= 4 is 5.71 Å². The predicted octanol–water partition coefficient (Wildman–Crippen LogP) is -0.269. The third-order valence-corrected chi connectivity index (χ3v) is 1.37. The van der Waals surface area contributed by atoms with E-state index in [4.69, 9.17) is 5.11 Å². The van der Waals surface area contributed by atoms with Gasteiger partial charge in [0.15, 0.2) is 0 Å². The first-order chi connectivity index (χ1) is 5.33. The van der Waals surface area contributed by atoms with Gasteiger partial charge in [-0.1, -0.05) is 0 Å². The summed E-state index contributed by atoms with van der Waals surface area (Å²) >= 11 is 0. The highest BCUT2D eigenvalue weighted by atomic mass is 16.3. The molecule has 62 valence electrons. The predicted molar refractivity (Wildman–Crippen MR) is 44.0 cm³/mol. The molecule has 1 heterocycles. The van der Waals surface area contributed by atoms with Crippen molar-refractivity contribution in [1.29, 1.82) is 0 Å². The van der Waals surface area contributed by atoms with Crippen LogP contribution >= 0.6 is 0 Å². The van der Waals surface area contributed by atoms with Gasteiger partial charge in [-0.15, -0.1) is 0 Å². The molecule has 0 aromatic carbocycles. The van der Waals surface area contributed by atoms with E-state index in [0.717, 1.165) is 12.3 Å². The number of hydrogen-bond acceptors (Lipinski definition) is 4. The monoisotopic (exact) mass is 155 g/mol. The fraction of sp³-hybridized carbons (Fsp3) is 0.571. The van der Waals surface area contributed by atoms with Crippen molar-refractivity contribution in [3.8, 4) is 0 Å². The first-order valence-corrected chi connectivity index (χ1v) is 3.64. The van der Waals surface area contributed by atoms with Gasteiger partial charge in [-0.2, -0.15) is 0 Å². The molecule has 0 fully saturated rings. The SMILES string of the molecule is CC1=NC=CN(NCCO)C1. The number of nitrogens with zero attached hydrogens (tertiary/aromatic N) is 2. The first kappa shape index (κ1) is 8.23. The van der Waals surface area contributed by atoms with Crippen LogP contribution in [0.3, 0.4) is 0 Å². The Balaban J connectivity index is 2.28. The Bertz CT molecular complexity index is 177. The van der Waals surface area contributed by atoms with E-state index in [1.54, 1.807) is 6.20 Å². The van der Waals surface area contributed by atoms with Gasteiger partial charge in [0.05, 0.1) is 13.2 Å². The molecule has 0 saturated carbocycles. The summed E-state index contributed by atoms with van der Waals surface area (Å²) in [4.78, 5) is 4.08. The van der Waals surface area contributed by atoms with Gasteiger partial charge < -0.3 is 10.1 Å². The highest BCUT2D eigenvalue weighted by Crippen LogP contribution is 1.94. The second-order valence-electron chi connectivity index (χ2n) is 2.42. The molecule has 11 heavy (non-hydrogen) atoms. The molecule has 0 amide bonds. The number of aliphatic hydroxyl groups is 1. The van der Waals surface area contributed by atoms with E-state index >= 15 is 0 Å². The minimum Gasteiger partial charge on any atom is -0.395 e. The van der Waals surface area contributed by atoms with E-state index in [1.165, 1.54) is 0 Å². The first-order valence-electron chi connectivity index (χ1n) is 3.64. The van der Waals surface area contributed by atoms with Crippen LogP contribution in [0.4, 0.5) is 0 Å². The molecule has 0 aromatic rings. The summed E-state index contributed by atoms with van der Waals surface area (Å²) in [5, 5.41) is 10.4. The third-order valence-electron chi connectivity index (χ3n) is 1.37. The lowest BCUT2D eigenvalue weighted by Gasteiger charge is -2.22. The standard InChI is InChI=1S/C7H13N3O/c1-7-6-10(4-2-8-7)9-3-5-11/h2,4,9,11H,3,5-6H2,1H3. The smallest absolute Gasteiger partial charge is 0.0718 e. The zero-order valence-electron chi connectivity index (χ0n) is 6.62. The van der Waals surface area contributed by atoms with Crippen LogP contribution in [0, 0.1) is 0 Å². The lowest BCUT2D eigenvalue weighted by molar-refractivity contribution is 0.231. The topological polar surface area (TPSA) is 47.9 Å². The van der Waals surface area contributed by atoms with Crippen molar-refractivity contribution in [3.05, 3.63) is 12.4 Å². The number of rotatable bonds is 3. The number of nitrogens with one attached hydrogen (secondary N) is 1. The fourth-order valence-electron chi connectivity index (χ4n) is 0.883. The fourth-order valence-corrected chi connectivity index (χ4v) is 0.883. The summed E-state index contributed by atoms with van der Waals surface area (Å²) in [5.41, 5.74) is 4.08. The van der Waals surface area contributed by atoms with Gasteiger partial charge in [-0.05, 0) is 6.92 Å². The van der Waals surface area contributed by atoms with Crippen molar-refractivity contribution in [3.63, 3.8) is 0 Å². The second kappa shape index (κ2) is 4.10. The molecule has 0 aliphatic carbocycles. The second-order valence-corrected chi connectivity index (χ2v) is 2.42. The molecule has 4 heteroatoms. The van der Waals surface area contributed by atoms with Gasteiger partial charge in [-0.25, -0.2) is 5.43 Å². The van der Waals surface area contributed by atoms with E-state index in [2.05, 4.69) is 10.4 Å². The molecule has 4 nitrogen and oxygen atoms in total. The Kier molecular flexibility index (Phi) is 3.07. The molecule has 0 spiro atoms. The molecule has 2 N–H and O–H groups in total. The van der Waals surface area contributed by atoms with E-state index in [1.807, 2.05) is 18.1 Å². The van der Waals surface area contributed by atoms with E-state index in [9.17, 15) is 0 Å². The lowest BCUT2D eigenvalue weighted by atomic mass is 10.4. The van der Waals surface area contributed by atoms with Crippen molar-refractivity contribution in [2.45, 2.75) is 6.92 Å². The van der Waals surface area contributed by atoms with Crippen molar-refractivity contribution < 1.29 is 5.11 Å². The maximum atomic E-state index is 8.52. The maximum absolute atomic E-state index is 8.52. The molecule has 0 aromatic heterocycles. The van der Waals surface area contributed by atoms with Gasteiger partial charge in [0, 0.05) is 24.7 Å². The van der Waals surface area contributed by atoms with Crippen LogP contribution in [0.15, 0.2) is 17.4 Å². The Morgan fingerprint density at radius 1 is 1.82 bits per heavy atom. The highest BCUT2D eigenvalue weighted by Gasteiger charge is 2.02. The maximum Gasteiger partial charge on any atom is 0.0718 e. The molecule has 0 unspecified atom stereocenters. The van der Waals surface area contributed by atoms with Gasteiger partial charge in [0.1, 0.15) is 0 Å². The Labute approximate surface area is 66.2 Å². The van der Waals surface area contributed by atoms with Crippen molar-refractivity contribution in [2.24, 2.45) is 4.99 Å². The molecule has 0 radical (unpaired) electrons. The number of aliphatic imine (C=N–C) groups is 1. The zero-order chi connectivity index (χ0) is 8.10. The minimum atomic E-state index is 0.153. The van der Waals surface area contributed by atoms with Gasteiger partial charge in [0.25, 0.3) is 0 Å². The Morgan fingerprint density at radius 2 is 2.64 bits per heavy atom. The summed E-state index contributed by atoms with van der Waals surface area (Å²) in [5.74, 6) is 0. The molecule has 0 atom stereocenters. The van der Waals surface area contributed by atoms with Crippen molar-refractivity contribution in [1.82, 2.24) is 10.4 Å². The van der Waals surface area contributed by atoms with Crippen molar-refractivity contribution in [2.75, 3.05) is 19.7 Å². The Morgan fingerprint density at radius 3 is 3.27 bits per heavy atom. The molecule has 1 rings (SSSR count). The Hall–Kier alpha value is -0.870. The summed E-state index contributed by atoms with van der Waals surface area (Å²) in [6.45, 7) is 3.49. The highest BCUT2D eigenvalue weighted by molar-refractivity contribution is 5.85. The quantitative estimate of drug-likeness (QED) is 0.590. The summed E-state index contributed by atoms with van der Waals surface area (Å²) in [6.07, 6.45) is 3.59. The number of hydrogen-bond donors (Lipinski definition) is 2. The van der Waals surface area contributed by atoms with Crippen LogP contribution in [0.2, 0.25) is 0 Å². The van der Waals surface area contributed by atoms with Crippen LogP contribution in [0.1, 0.15) is 6.92 Å². The average Bonchev–Trinajstić information content (AvgIpc) is 2.01. The normalized spacial score (nSPS) is 16.9. The third kappa shape index (κ3) is 2.69. The van der Waals surface area contributed by atoms with Gasteiger partial charge in [0.2, 0.25) is 0 Å². The summed E-state index contributed by atoms with van der Waals surface area (Å²) < 4.78 is 0. The average molecular weight is 155 g/mol. The van der Waals surface area contributed by atoms with Crippen LogP contribution in [-0.4, -0.2) is 35.5 Å². The zero-order valence-corrected chi connectivity index (χ0v) is 6.62. The molecule has 0 bridgehead atoms. The van der Waals surface area contributed by atoms with E-state index in [0.29, 0.717) is 6.54 Å². The number of hydrazine groups is 1. The van der Waals surface area contributed by atoms with Gasteiger partial charge in [-0.3, -0.25) is 4.99 Å². The van der Waals surface area contributed by atoms with Crippen LogP contribution in [0.5, 0.6) is 0 Å². The summed E-state index contributed by atoms with van der Waals surface area (Å²) in [7, 11) is 0. The largest absolute Gasteiger partial charge is 0.395 e. The van der Waals surface area contributed by atoms with Crippen LogP contribution in [0.25, 0.3) is 0 Å². The molecule has 0 saturated heterocycles. The number of aliphatic hydroxyl groups excluding tert-OH is 1.